The minimum atomic E-state index is -2.31. The first-order valence-electron chi connectivity index (χ1n) is 18.0. The number of rotatable bonds is 11. The predicted molar refractivity (Wildman–Crippen MR) is 205 cm³/mol. The molecule has 0 saturated heterocycles. The van der Waals surface area contributed by atoms with E-state index in [1.165, 1.54) is 14.0 Å². The van der Waals surface area contributed by atoms with Gasteiger partial charge in [-0.05, 0) is 104 Å². The van der Waals surface area contributed by atoms with Crippen molar-refractivity contribution in [2.75, 3.05) is 13.7 Å². The average molecular weight is 725 g/mol. The highest BCUT2D eigenvalue weighted by Gasteiger charge is 2.62. The molecule has 2 aliphatic rings. The van der Waals surface area contributed by atoms with E-state index in [4.69, 9.17) is 18.0 Å². The number of carbonyl (C=O) groups excluding carboxylic acids is 3. The molecule has 6 atom stereocenters. The molecular weight excluding hydrogens is 653 g/mol. The minimum Gasteiger partial charge on any atom is -0.468 e. The van der Waals surface area contributed by atoms with E-state index in [0.717, 1.165) is 12.0 Å². The van der Waals surface area contributed by atoms with Gasteiger partial charge in [-0.2, -0.15) is 0 Å². The molecule has 10 heteroatoms. The van der Waals surface area contributed by atoms with Crippen LogP contribution in [0, 0.1) is 22.7 Å². The van der Waals surface area contributed by atoms with Crippen LogP contribution >= 0.6 is 0 Å². The zero-order chi connectivity index (χ0) is 37.9. The third kappa shape index (κ3) is 8.24. The second-order valence-corrected chi connectivity index (χ2v) is 34.3. The predicted octanol–water partition coefficient (Wildman–Crippen LogP) is 9.88. The number of hydrogen-bond acceptors (Lipinski definition) is 7. The summed E-state index contributed by atoms with van der Waals surface area (Å²) in [6, 6.07) is 0. The van der Waals surface area contributed by atoms with Gasteiger partial charge in [-0.1, -0.05) is 76.2 Å². The molecule has 1 saturated carbocycles. The van der Waals surface area contributed by atoms with E-state index in [1.807, 2.05) is 6.92 Å². The third-order valence-electron chi connectivity index (χ3n) is 13.5. The maximum atomic E-state index is 14.7. The molecule has 7 nitrogen and oxygen atoms in total. The molecule has 0 aromatic heterocycles. The van der Waals surface area contributed by atoms with Gasteiger partial charge in [0, 0.05) is 17.6 Å². The number of allylic oxidation sites excluding steroid dienone is 1. The van der Waals surface area contributed by atoms with Crippen LogP contribution in [0.3, 0.4) is 0 Å². The van der Waals surface area contributed by atoms with E-state index in [0.29, 0.717) is 25.0 Å². The fourth-order valence-corrected chi connectivity index (χ4v) is 10.9. The number of carbonyl (C=O) groups is 3. The van der Waals surface area contributed by atoms with Crippen molar-refractivity contribution in [3.05, 3.63) is 11.1 Å². The Hall–Kier alpha value is -0.919. The molecule has 0 heterocycles. The molecule has 0 N–H and O–H groups in total. The van der Waals surface area contributed by atoms with E-state index in [-0.39, 0.29) is 33.2 Å². The molecule has 1 fully saturated rings. The molecule has 0 radical (unpaired) electrons. The van der Waals surface area contributed by atoms with Crippen LogP contribution in [-0.2, 0) is 32.4 Å². The maximum Gasteiger partial charge on any atom is 0.324 e. The summed E-state index contributed by atoms with van der Waals surface area (Å²) in [5.41, 5.74) is 0.304. The van der Waals surface area contributed by atoms with Gasteiger partial charge in [-0.15, -0.1) is 0 Å². The van der Waals surface area contributed by atoms with Gasteiger partial charge in [0.25, 0.3) is 0 Å². The second-order valence-electron chi connectivity index (χ2n) is 20.0. The van der Waals surface area contributed by atoms with Crippen LogP contribution in [-0.4, -0.2) is 68.4 Å². The van der Waals surface area contributed by atoms with Crippen molar-refractivity contribution >= 4 is 42.5 Å². The van der Waals surface area contributed by atoms with Crippen LogP contribution in [0.1, 0.15) is 109 Å². The molecule has 0 bridgehead atoms. The van der Waals surface area contributed by atoms with E-state index in [9.17, 15) is 14.4 Å². The Labute approximate surface area is 297 Å². The molecule has 2 rings (SSSR count). The summed E-state index contributed by atoms with van der Waals surface area (Å²) in [5, 5.41) is -0.0196. The highest BCUT2D eigenvalue weighted by atomic mass is 28.4. The number of methoxy groups -OCH3 is 1. The summed E-state index contributed by atoms with van der Waals surface area (Å²) in [6.45, 7) is 42.3. The normalized spacial score (nSPS) is 28.5. The summed E-state index contributed by atoms with van der Waals surface area (Å²) in [7, 11) is -5.47. The smallest absolute Gasteiger partial charge is 0.324 e. The first kappa shape index (κ1) is 43.2. The molecule has 278 valence electrons. The summed E-state index contributed by atoms with van der Waals surface area (Å²) in [5.74, 6) is -3.32. The van der Waals surface area contributed by atoms with Gasteiger partial charge < -0.3 is 18.0 Å². The molecule has 1 unspecified atom stereocenters. The number of esters is 1. The number of ether oxygens (including phenoxy) is 1. The third-order valence-corrected chi connectivity index (χ3v) is 27.0. The van der Waals surface area contributed by atoms with Crippen LogP contribution in [0.5, 0.6) is 0 Å². The van der Waals surface area contributed by atoms with Crippen molar-refractivity contribution < 1.29 is 32.4 Å². The second kappa shape index (κ2) is 13.9. The first-order valence-corrected chi connectivity index (χ1v) is 26.8. The zero-order valence-corrected chi connectivity index (χ0v) is 37.5. The van der Waals surface area contributed by atoms with Gasteiger partial charge in [0.15, 0.2) is 42.4 Å². The Morgan fingerprint density at radius 1 is 0.812 bits per heavy atom. The molecule has 0 aliphatic heterocycles. The summed E-state index contributed by atoms with van der Waals surface area (Å²) in [4.78, 5) is 40.8. The molecule has 48 heavy (non-hydrogen) atoms. The van der Waals surface area contributed by atoms with E-state index in [2.05, 4.69) is 115 Å². The Bertz CT molecular complexity index is 1260. The Morgan fingerprint density at radius 3 is 1.69 bits per heavy atom. The van der Waals surface area contributed by atoms with E-state index in [1.54, 1.807) is 0 Å². The Morgan fingerprint density at radius 2 is 1.27 bits per heavy atom. The Kier molecular flexibility index (Phi) is 12.5. The number of Topliss-reactive ketones (excluding diaryl/α,β-unsaturated/α-hetero) is 2. The van der Waals surface area contributed by atoms with Gasteiger partial charge in [-0.25, -0.2) is 0 Å². The van der Waals surface area contributed by atoms with Crippen molar-refractivity contribution in [1.29, 1.82) is 0 Å². The highest BCUT2D eigenvalue weighted by Crippen LogP contribution is 2.63. The largest absolute Gasteiger partial charge is 0.468 e. The van der Waals surface area contributed by atoms with E-state index >= 15 is 0 Å². The summed E-state index contributed by atoms with van der Waals surface area (Å²) in [6.07, 6.45) is 1.73. The molecular formula is C38H72O7Si3. The Balaban J connectivity index is 2.95. The minimum absolute atomic E-state index is 0.0162. The summed E-state index contributed by atoms with van der Waals surface area (Å²) < 4.78 is 26.7. The monoisotopic (exact) mass is 724 g/mol. The quantitative estimate of drug-likeness (QED) is 0.119. The highest BCUT2D eigenvalue weighted by molar-refractivity contribution is 6.75. The average Bonchev–Trinajstić information content (AvgIpc) is 2.88. The zero-order valence-electron chi connectivity index (χ0n) is 34.5. The summed E-state index contributed by atoms with van der Waals surface area (Å²) >= 11 is 0. The van der Waals surface area contributed by atoms with Gasteiger partial charge >= 0.3 is 5.97 Å². The lowest BCUT2D eigenvalue weighted by Crippen LogP contribution is -2.62. The van der Waals surface area contributed by atoms with Gasteiger partial charge in [0.1, 0.15) is 0 Å². The number of ketones is 2. The van der Waals surface area contributed by atoms with Crippen LogP contribution in [0.4, 0.5) is 0 Å². The van der Waals surface area contributed by atoms with Gasteiger partial charge in [-0.3, -0.25) is 14.4 Å². The fraction of sp³-hybridized carbons (Fsp3) is 0.868. The van der Waals surface area contributed by atoms with Gasteiger partial charge in [0.2, 0.25) is 0 Å². The fourth-order valence-electron chi connectivity index (χ4n) is 7.05. The van der Waals surface area contributed by atoms with Crippen molar-refractivity contribution in [1.82, 2.24) is 0 Å². The van der Waals surface area contributed by atoms with Gasteiger partial charge in [0.05, 0.1) is 19.3 Å². The molecule has 0 aromatic carbocycles. The molecule has 2 aliphatic carbocycles. The lowest BCUT2D eigenvalue weighted by molar-refractivity contribution is -0.154. The lowest BCUT2D eigenvalue weighted by Gasteiger charge is -2.61. The van der Waals surface area contributed by atoms with Crippen LogP contribution < -0.4 is 0 Å². The maximum absolute atomic E-state index is 14.7. The topological polar surface area (TPSA) is 88.1 Å². The van der Waals surface area contributed by atoms with Crippen LogP contribution in [0.25, 0.3) is 0 Å². The lowest BCUT2D eigenvalue weighted by atomic mass is 9.48. The van der Waals surface area contributed by atoms with Crippen molar-refractivity contribution in [3.63, 3.8) is 0 Å². The van der Waals surface area contributed by atoms with Crippen LogP contribution in [0.15, 0.2) is 11.1 Å². The first-order chi connectivity index (χ1) is 21.2. The number of fused-ring (bicyclic) bond motifs is 1. The van der Waals surface area contributed by atoms with Crippen molar-refractivity contribution in [3.8, 4) is 0 Å². The van der Waals surface area contributed by atoms with Crippen LogP contribution in [0.2, 0.25) is 54.4 Å². The molecule has 0 aromatic rings. The standard InChI is InChI=1S/C38H72O7Si3/c1-25-27(44-47(17,18)35(6,7)8)23-28-37(12,31(25)32(40)30(26(2)39)33(41)42-14)22-21-29(45-48(19,20)36(9,10)11)38(28,13)24-43-46(15,16)34(3,4)5/h27-30H,21-24H2,1-20H3/t27-,28+,29-,30?,37-,38+/m0/s1. The SMILES string of the molecule is COC(=O)C(C(C)=O)C(=O)C1=C(C)[C@@H](O[Si](C)(C)C(C)(C)C)C[C@H]2[C@@](C)(CO[Si](C)(C)C(C)(C)C)[C@@H](O[Si](C)(C)C(C)(C)C)CC[C@]12C. The van der Waals surface area contributed by atoms with E-state index < -0.39 is 59.2 Å². The molecule has 0 spiro atoms. The van der Waals surface area contributed by atoms with Crippen molar-refractivity contribution in [2.45, 2.75) is 176 Å². The number of hydrogen-bond donors (Lipinski definition) is 0. The molecule has 0 amide bonds. The van der Waals surface area contributed by atoms with Crippen molar-refractivity contribution in [2.24, 2.45) is 22.7 Å².